The number of hydrogen-bond acceptors (Lipinski definition) is 1. The first-order valence-corrected chi connectivity index (χ1v) is 7.10. The van der Waals surface area contributed by atoms with Crippen molar-refractivity contribution in [2.24, 2.45) is 0 Å². The molecule has 0 atom stereocenters. The lowest BCUT2D eigenvalue weighted by Gasteiger charge is -2.43. The molecule has 0 unspecified atom stereocenters. The Labute approximate surface area is 126 Å². The van der Waals surface area contributed by atoms with E-state index in [-0.39, 0.29) is 12.4 Å². The van der Waals surface area contributed by atoms with Crippen LogP contribution >= 0.6 is 35.6 Å². The quantitative estimate of drug-likeness (QED) is 0.768. The summed E-state index contributed by atoms with van der Waals surface area (Å²) < 4.78 is 0. The molecule has 0 aliphatic heterocycles. The van der Waals surface area contributed by atoms with Gasteiger partial charge in [0.1, 0.15) is 0 Å². The molecule has 1 saturated carbocycles. The molecule has 0 bridgehead atoms. The van der Waals surface area contributed by atoms with Gasteiger partial charge in [0.25, 0.3) is 0 Å². The van der Waals surface area contributed by atoms with Gasteiger partial charge in [-0.1, -0.05) is 42.6 Å². The Morgan fingerprint density at radius 3 is 2.44 bits per heavy atom. The fourth-order valence-electron chi connectivity index (χ4n) is 2.62. The molecule has 0 saturated heterocycles. The van der Waals surface area contributed by atoms with Gasteiger partial charge in [-0.3, -0.25) is 0 Å². The normalized spacial score (nSPS) is 16.8. The average Bonchev–Trinajstić information content (AvgIpc) is 2.26. The minimum absolute atomic E-state index is 0. The van der Waals surface area contributed by atoms with E-state index in [9.17, 15) is 0 Å². The smallest absolute Gasteiger partial charge is 0.0595 e. The van der Waals surface area contributed by atoms with E-state index in [0.717, 1.165) is 13.1 Å². The van der Waals surface area contributed by atoms with E-state index in [1.54, 1.807) is 0 Å². The van der Waals surface area contributed by atoms with Crippen LogP contribution in [0.3, 0.4) is 0 Å². The molecule has 102 valence electrons. The fourth-order valence-corrected chi connectivity index (χ4v) is 2.92. The Hall–Kier alpha value is 0.0500. The largest absolute Gasteiger partial charge is 0.317 e. The highest BCUT2D eigenvalue weighted by Crippen LogP contribution is 2.47. The van der Waals surface area contributed by atoms with Gasteiger partial charge in [-0.05, 0) is 55.5 Å². The zero-order chi connectivity index (χ0) is 12.3. The van der Waals surface area contributed by atoms with Crippen LogP contribution in [-0.2, 0) is 5.41 Å². The van der Waals surface area contributed by atoms with Crippen molar-refractivity contribution in [3.05, 3.63) is 33.8 Å². The SMILES string of the molecule is CCNCCC1(c2ccc(Cl)c(Cl)c2)CCC1.Cl. The van der Waals surface area contributed by atoms with E-state index >= 15 is 0 Å². The van der Waals surface area contributed by atoms with Crippen molar-refractivity contribution < 1.29 is 0 Å². The standard InChI is InChI=1S/C14H19Cl2N.ClH/c1-2-17-9-8-14(6-3-7-14)11-4-5-12(15)13(16)10-11;/h4-5,10,17H,2-3,6-9H2,1H3;1H. The van der Waals surface area contributed by atoms with Gasteiger partial charge < -0.3 is 5.32 Å². The first kappa shape index (κ1) is 16.1. The molecule has 1 fully saturated rings. The first-order chi connectivity index (χ1) is 8.18. The second-order valence-corrected chi connectivity index (χ2v) is 5.68. The lowest BCUT2D eigenvalue weighted by molar-refractivity contribution is 0.224. The second-order valence-electron chi connectivity index (χ2n) is 4.87. The lowest BCUT2D eigenvalue weighted by atomic mass is 9.62. The third-order valence-electron chi connectivity index (χ3n) is 3.87. The van der Waals surface area contributed by atoms with Crippen molar-refractivity contribution in [3.63, 3.8) is 0 Å². The summed E-state index contributed by atoms with van der Waals surface area (Å²) in [5.74, 6) is 0. The zero-order valence-electron chi connectivity index (χ0n) is 10.6. The van der Waals surface area contributed by atoms with Crippen LogP contribution in [-0.4, -0.2) is 13.1 Å². The molecule has 0 heterocycles. The van der Waals surface area contributed by atoms with Crippen molar-refractivity contribution in [1.29, 1.82) is 0 Å². The van der Waals surface area contributed by atoms with Crippen LogP contribution in [0.15, 0.2) is 18.2 Å². The van der Waals surface area contributed by atoms with E-state index < -0.39 is 0 Å². The van der Waals surface area contributed by atoms with Crippen LogP contribution in [0, 0.1) is 0 Å². The van der Waals surface area contributed by atoms with Gasteiger partial charge in [-0.15, -0.1) is 12.4 Å². The molecule has 1 N–H and O–H groups in total. The molecular formula is C14H20Cl3N. The summed E-state index contributed by atoms with van der Waals surface area (Å²) in [5.41, 5.74) is 1.70. The molecule has 1 aromatic carbocycles. The lowest BCUT2D eigenvalue weighted by Crippen LogP contribution is -2.37. The minimum atomic E-state index is 0. The summed E-state index contributed by atoms with van der Waals surface area (Å²) in [6.07, 6.45) is 5.07. The maximum Gasteiger partial charge on any atom is 0.0595 e. The summed E-state index contributed by atoms with van der Waals surface area (Å²) in [5, 5.41) is 4.74. The summed E-state index contributed by atoms with van der Waals surface area (Å²) in [4.78, 5) is 0. The fraction of sp³-hybridized carbons (Fsp3) is 0.571. The molecule has 18 heavy (non-hydrogen) atoms. The molecule has 1 aliphatic carbocycles. The number of nitrogens with one attached hydrogen (secondary N) is 1. The van der Waals surface area contributed by atoms with Gasteiger partial charge >= 0.3 is 0 Å². The van der Waals surface area contributed by atoms with Crippen LogP contribution in [0.1, 0.15) is 38.2 Å². The Bertz CT molecular complexity index is 389. The van der Waals surface area contributed by atoms with E-state index in [2.05, 4.69) is 24.4 Å². The highest BCUT2D eigenvalue weighted by molar-refractivity contribution is 6.42. The van der Waals surface area contributed by atoms with Crippen molar-refractivity contribution in [2.75, 3.05) is 13.1 Å². The Balaban J connectivity index is 0.00000162. The molecular weight excluding hydrogens is 289 g/mol. The van der Waals surface area contributed by atoms with Crippen molar-refractivity contribution >= 4 is 35.6 Å². The summed E-state index contributed by atoms with van der Waals surface area (Å²) in [6, 6.07) is 6.11. The van der Waals surface area contributed by atoms with Crippen LogP contribution in [0.2, 0.25) is 10.0 Å². The molecule has 2 rings (SSSR count). The van der Waals surface area contributed by atoms with Crippen molar-refractivity contribution in [1.82, 2.24) is 5.32 Å². The molecule has 0 amide bonds. The van der Waals surface area contributed by atoms with Crippen LogP contribution in [0.5, 0.6) is 0 Å². The van der Waals surface area contributed by atoms with Crippen LogP contribution < -0.4 is 5.32 Å². The topological polar surface area (TPSA) is 12.0 Å². The predicted octanol–water partition coefficient (Wildman–Crippen LogP) is 4.84. The van der Waals surface area contributed by atoms with Crippen molar-refractivity contribution in [3.8, 4) is 0 Å². The number of halogens is 3. The van der Waals surface area contributed by atoms with Gasteiger partial charge in [0.05, 0.1) is 10.0 Å². The van der Waals surface area contributed by atoms with E-state index in [1.165, 1.54) is 31.2 Å². The maximum atomic E-state index is 6.11. The van der Waals surface area contributed by atoms with E-state index in [1.807, 2.05) is 6.07 Å². The predicted molar refractivity (Wildman–Crippen MR) is 82.4 cm³/mol. The van der Waals surface area contributed by atoms with Gasteiger partial charge in [-0.2, -0.15) is 0 Å². The van der Waals surface area contributed by atoms with Crippen molar-refractivity contribution in [2.45, 2.75) is 38.0 Å². The number of benzene rings is 1. The van der Waals surface area contributed by atoms with Gasteiger partial charge in [-0.25, -0.2) is 0 Å². The molecule has 0 aromatic heterocycles. The van der Waals surface area contributed by atoms with Gasteiger partial charge in [0, 0.05) is 0 Å². The molecule has 4 heteroatoms. The molecule has 1 aliphatic rings. The van der Waals surface area contributed by atoms with Crippen LogP contribution in [0.4, 0.5) is 0 Å². The Morgan fingerprint density at radius 2 is 1.94 bits per heavy atom. The molecule has 1 nitrogen and oxygen atoms in total. The Morgan fingerprint density at radius 1 is 1.22 bits per heavy atom. The monoisotopic (exact) mass is 307 g/mol. The highest BCUT2D eigenvalue weighted by atomic mass is 35.5. The molecule has 1 aromatic rings. The van der Waals surface area contributed by atoms with E-state index in [4.69, 9.17) is 23.2 Å². The molecule has 0 radical (unpaired) electrons. The Kier molecular flexibility index (Phi) is 6.26. The summed E-state index contributed by atoms with van der Waals surface area (Å²) >= 11 is 12.1. The summed E-state index contributed by atoms with van der Waals surface area (Å²) in [7, 11) is 0. The zero-order valence-corrected chi connectivity index (χ0v) is 13.0. The molecule has 0 spiro atoms. The van der Waals surface area contributed by atoms with Gasteiger partial charge in [0.15, 0.2) is 0 Å². The second kappa shape index (κ2) is 7.00. The number of hydrogen-bond donors (Lipinski definition) is 1. The summed E-state index contributed by atoms with van der Waals surface area (Å²) in [6.45, 7) is 4.26. The first-order valence-electron chi connectivity index (χ1n) is 6.34. The van der Waals surface area contributed by atoms with Gasteiger partial charge in [0.2, 0.25) is 0 Å². The van der Waals surface area contributed by atoms with E-state index in [0.29, 0.717) is 15.5 Å². The third kappa shape index (κ3) is 3.33. The number of rotatable bonds is 5. The highest BCUT2D eigenvalue weighted by Gasteiger charge is 2.38. The maximum absolute atomic E-state index is 6.11. The average molecular weight is 309 g/mol. The minimum Gasteiger partial charge on any atom is -0.317 e. The third-order valence-corrected chi connectivity index (χ3v) is 4.61. The van der Waals surface area contributed by atoms with Crippen LogP contribution in [0.25, 0.3) is 0 Å².